The molecule has 2 heterocycles. The molecule has 29 heavy (non-hydrogen) atoms. The summed E-state index contributed by atoms with van der Waals surface area (Å²) in [7, 11) is 0. The Balaban J connectivity index is 0.000000150. The van der Waals surface area contributed by atoms with E-state index in [1.807, 2.05) is 36.4 Å². The summed E-state index contributed by atoms with van der Waals surface area (Å²) in [5.41, 5.74) is 8.95. The summed E-state index contributed by atoms with van der Waals surface area (Å²) in [5.74, 6) is 0. The van der Waals surface area contributed by atoms with E-state index in [1.165, 1.54) is 27.8 Å². The molecule has 139 valence electrons. The van der Waals surface area contributed by atoms with Crippen LogP contribution in [0.5, 0.6) is 0 Å². The first-order valence-corrected chi connectivity index (χ1v) is 11.1. The summed E-state index contributed by atoms with van der Waals surface area (Å²) in [6.45, 7) is 2.24. The largest absolute Gasteiger partial charge is 0.255 e. The first-order valence-electron chi connectivity index (χ1n) is 9.64. The molecule has 0 saturated carbocycles. The minimum atomic E-state index is 0.654. The zero-order valence-corrected chi connectivity index (χ0v) is 18.7. The number of pyridine rings is 2. The molecular formula is C26H21N2Zr. The van der Waals surface area contributed by atoms with Crippen molar-refractivity contribution >= 4 is 6.08 Å². The number of rotatable bonds is 2. The Bertz CT molecular complexity index is 1070. The van der Waals surface area contributed by atoms with Gasteiger partial charge >= 0.3 is 118 Å². The molecule has 5 rings (SSSR count). The molecule has 1 atom stereocenters. The molecule has 3 heteroatoms. The van der Waals surface area contributed by atoms with Crippen LogP contribution in [0, 0.1) is 0 Å². The minimum absolute atomic E-state index is 0.654. The van der Waals surface area contributed by atoms with Gasteiger partial charge in [0.05, 0.1) is 11.4 Å². The van der Waals surface area contributed by atoms with E-state index in [1.54, 1.807) is 37.1 Å². The van der Waals surface area contributed by atoms with Crippen LogP contribution in [0.3, 0.4) is 0 Å². The van der Waals surface area contributed by atoms with E-state index >= 15 is 0 Å². The molecule has 1 unspecified atom stereocenters. The second-order valence-corrected chi connectivity index (χ2v) is 8.34. The third-order valence-electron chi connectivity index (χ3n) is 4.96. The van der Waals surface area contributed by atoms with Crippen molar-refractivity contribution in [2.45, 2.75) is 10.5 Å². The van der Waals surface area contributed by atoms with Crippen LogP contribution in [0.25, 0.3) is 28.6 Å². The standard InChI is InChI=1S/C16H13.C10H8N2.Zr/c1-12-10-14-8-5-9-15(16(14)11-12)13-6-3-2-4-7-13;1-3-7-11-9(5-1)10-6-2-4-8-12-10;/h2-11H,1H3;1-8H;. The van der Waals surface area contributed by atoms with Crippen molar-refractivity contribution in [3.63, 3.8) is 0 Å². The molecule has 1 aliphatic carbocycles. The monoisotopic (exact) mass is 451 g/mol. The predicted molar refractivity (Wildman–Crippen MR) is 116 cm³/mol. The molecule has 0 N–H and O–H groups in total. The third-order valence-corrected chi connectivity index (χ3v) is 6.84. The van der Waals surface area contributed by atoms with Gasteiger partial charge in [-0.2, -0.15) is 0 Å². The molecule has 0 fully saturated rings. The molecule has 1 aliphatic rings. The Morgan fingerprint density at radius 1 is 0.690 bits per heavy atom. The average molecular weight is 453 g/mol. The zero-order chi connectivity index (χ0) is 20.1. The van der Waals surface area contributed by atoms with Crippen molar-refractivity contribution in [2.75, 3.05) is 0 Å². The van der Waals surface area contributed by atoms with Gasteiger partial charge in [0, 0.05) is 12.4 Å². The summed E-state index contributed by atoms with van der Waals surface area (Å²) >= 11 is 1.58. The smallest absolute Gasteiger partial charge is 0.0886 e. The van der Waals surface area contributed by atoms with E-state index in [9.17, 15) is 0 Å². The number of benzene rings is 2. The summed E-state index contributed by atoms with van der Waals surface area (Å²) < 4.78 is 0.654. The minimum Gasteiger partial charge on any atom is -0.255 e. The molecule has 0 amide bonds. The van der Waals surface area contributed by atoms with Crippen molar-refractivity contribution < 1.29 is 24.7 Å². The number of fused-ring (bicyclic) bond motifs is 1. The fourth-order valence-electron chi connectivity index (χ4n) is 3.45. The summed E-state index contributed by atoms with van der Waals surface area (Å²) in [6, 6.07) is 28.9. The fourth-order valence-corrected chi connectivity index (χ4v) is 4.27. The van der Waals surface area contributed by atoms with Crippen LogP contribution in [-0.2, 0) is 24.7 Å². The van der Waals surface area contributed by atoms with E-state index < -0.39 is 0 Å². The van der Waals surface area contributed by atoms with Gasteiger partial charge in [-0.15, -0.1) is 0 Å². The maximum atomic E-state index is 4.19. The van der Waals surface area contributed by atoms with Crippen LogP contribution in [0.15, 0.2) is 103 Å². The van der Waals surface area contributed by atoms with Crippen molar-refractivity contribution in [1.82, 2.24) is 9.97 Å². The normalized spacial score (nSPS) is 14.3. The Morgan fingerprint density at radius 2 is 1.31 bits per heavy atom. The molecule has 0 radical (unpaired) electrons. The van der Waals surface area contributed by atoms with E-state index in [0.29, 0.717) is 3.63 Å². The Morgan fingerprint density at radius 3 is 1.90 bits per heavy atom. The quantitative estimate of drug-likeness (QED) is 0.347. The number of aromatic nitrogens is 2. The van der Waals surface area contributed by atoms with Gasteiger partial charge < -0.3 is 0 Å². The van der Waals surface area contributed by atoms with Gasteiger partial charge in [0.2, 0.25) is 0 Å². The maximum absolute atomic E-state index is 4.19. The second-order valence-electron chi connectivity index (χ2n) is 6.93. The topological polar surface area (TPSA) is 25.8 Å². The van der Waals surface area contributed by atoms with Crippen molar-refractivity contribution in [3.05, 3.63) is 114 Å². The van der Waals surface area contributed by atoms with Crippen LogP contribution >= 0.6 is 0 Å². The molecule has 2 aromatic carbocycles. The van der Waals surface area contributed by atoms with Gasteiger partial charge in [-0.1, -0.05) is 12.1 Å². The number of allylic oxidation sites excluding steroid dienone is 1. The molecule has 2 nitrogen and oxygen atoms in total. The van der Waals surface area contributed by atoms with Gasteiger partial charge in [0.1, 0.15) is 0 Å². The van der Waals surface area contributed by atoms with Gasteiger partial charge in [0.25, 0.3) is 0 Å². The second kappa shape index (κ2) is 9.24. The van der Waals surface area contributed by atoms with Crippen LogP contribution in [0.1, 0.15) is 21.7 Å². The van der Waals surface area contributed by atoms with Gasteiger partial charge in [0.15, 0.2) is 0 Å². The van der Waals surface area contributed by atoms with Gasteiger partial charge in [-0.25, -0.2) is 0 Å². The molecular weight excluding hydrogens is 432 g/mol. The summed E-state index contributed by atoms with van der Waals surface area (Å²) in [5, 5.41) is 0. The van der Waals surface area contributed by atoms with E-state index in [2.05, 4.69) is 71.5 Å². The summed E-state index contributed by atoms with van der Waals surface area (Å²) in [4.78, 5) is 8.37. The SMILES string of the molecule is CC1=Cc2c(-c3ccccc3)cccc2[CH]1[Zr].c1ccc(-c2ccccn2)nc1. The molecule has 0 bridgehead atoms. The molecule has 0 saturated heterocycles. The van der Waals surface area contributed by atoms with Crippen LogP contribution in [0.4, 0.5) is 0 Å². The fraction of sp³-hybridized carbons (Fsp3) is 0.0769. The van der Waals surface area contributed by atoms with Crippen LogP contribution < -0.4 is 0 Å². The maximum Gasteiger partial charge on any atom is 0.0886 e. The van der Waals surface area contributed by atoms with Crippen molar-refractivity contribution in [1.29, 1.82) is 0 Å². The molecule has 4 aromatic rings. The third kappa shape index (κ3) is 4.52. The first-order chi connectivity index (χ1) is 14.2. The Hall–Kier alpha value is -2.64. The summed E-state index contributed by atoms with van der Waals surface area (Å²) in [6.07, 6.45) is 5.89. The predicted octanol–water partition coefficient (Wildman–Crippen LogP) is 6.50. The van der Waals surface area contributed by atoms with Gasteiger partial charge in [-0.3, -0.25) is 9.97 Å². The molecule has 2 aromatic heterocycles. The van der Waals surface area contributed by atoms with Crippen LogP contribution in [0.2, 0.25) is 0 Å². The van der Waals surface area contributed by atoms with Crippen molar-refractivity contribution in [3.8, 4) is 22.5 Å². The first kappa shape index (κ1) is 19.7. The van der Waals surface area contributed by atoms with E-state index in [-0.39, 0.29) is 0 Å². The number of hydrogen-bond donors (Lipinski definition) is 0. The Labute approximate surface area is 187 Å². The average Bonchev–Trinajstić information content (AvgIpc) is 3.10. The van der Waals surface area contributed by atoms with E-state index in [0.717, 1.165) is 11.4 Å². The zero-order valence-electron chi connectivity index (χ0n) is 16.3. The van der Waals surface area contributed by atoms with Crippen LogP contribution in [-0.4, -0.2) is 9.97 Å². The van der Waals surface area contributed by atoms with Gasteiger partial charge in [-0.05, 0) is 24.3 Å². The Kier molecular flexibility index (Phi) is 6.27. The van der Waals surface area contributed by atoms with E-state index in [4.69, 9.17) is 0 Å². The number of nitrogens with zero attached hydrogens (tertiary/aromatic N) is 2. The number of hydrogen-bond acceptors (Lipinski definition) is 2. The molecule has 0 aliphatic heterocycles. The van der Waals surface area contributed by atoms with Crippen molar-refractivity contribution in [2.24, 2.45) is 0 Å². The molecule has 0 spiro atoms.